The molecule has 23 heavy (non-hydrogen) atoms. The molecule has 0 spiro atoms. The van der Waals surface area contributed by atoms with Crippen molar-refractivity contribution in [1.29, 1.82) is 0 Å². The predicted octanol–water partition coefficient (Wildman–Crippen LogP) is 2.22. The molecule has 1 aliphatic heterocycles. The minimum Gasteiger partial charge on any atom is -0.469 e. The first-order valence-corrected chi connectivity index (χ1v) is 7.69. The van der Waals surface area contributed by atoms with E-state index in [1.165, 1.54) is 7.11 Å². The highest BCUT2D eigenvalue weighted by Gasteiger charge is 2.36. The number of ether oxygens (including phenoxy) is 3. The number of rotatable bonds is 5. The van der Waals surface area contributed by atoms with Crippen LogP contribution in [0.2, 0.25) is 0 Å². The standard InChI is InChI=1S/C17H23NO5/c1-21-12-15-9-8-14(16(19)22-2)10-18(15)17(20)23-11-13-6-4-3-5-7-13/h3-7,14-15H,8-12H2,1-2H3/t14-,15-/m0/s1. The van der Waals surface area contributed by atoms with Crippen LogP contribution in [0.15, 0.2) is 30.3 Å². The van der Waals surface area contributed by atoms with Crippen molar-refractivity contribution in [3.05, 3.63) is 35.9 Å². The largest absolute Gasteiger partial charge is 0.469 e. The van der Waals surface area contributed by atoms with E-state index in [-0.39, 0.29) is 24.5 Å². The van der Waals surface area contributed by atoms with Crippen LogP contribution in [0.5, 0.6) is 0 Å². The molecule has 1 heterocycles. The third kappa shape index (κ3) is 4.69. The zero-order valence-electron chi connectivity index (χ0n) is 13.6. The fourth-order valence-corrected chi connectivity index (χ4v) is 2.78. The maximum Gasteiger partial charge on any atom is 0.410 e. The fraction of sp³-hybridized carbons (Fsp3) is 0.529. The number of esters is 1. The summed E-state index contributed by atoms with van der Waals surface area (Å²) in [6.07, 6.45) is 0.946. The number of carbonyl (C=O) groups excluding carboxylic acids is 2. The average molecular weight is 321 g/mol. The molecule has 0 aliphatic carbocycles. The summed E-state index contributed by atoms with van der Waals surface area (Å²) in [7, 11) is 2.96. The maximum absolute atomic E-state index is 12.4. The van der Waals surface area contributed by atoms with Gasteiger partial charge in [0.15, 0.2) is 0 Å². The molecule has 0 saturated carbocycles. The van der Waals surface area contributed by atoms with Crippen LogP contribution in [-0.2, 0) is 25.6 Å². The lowest BCUT2D eigenvalue weighted by molar-refractivity contribution is -0.147. The van der Waals surface area contributed by atoms with Crippen LogP contribution in [0, 0.1) is 5.92 Å². The summed E-state index contributed by atoms with van der Waals surface area (Å²) in [6.45, 7) is 0.932. The van der Waals surface area contributed by atoms with Crippen molar-refractivity contribution < 1.29 is 23.8 Å². The monoisotopic (exact) mass is 321 g/mol. The number of hydrogen-bond donors (Lipinski definition) is 0. The van der Waals surface area contributed by atoms with Gasteiger partial charge in [-0.3, -0.25) is 4.79 Å². The maximum atomic E-state index is 12.4. The minimum absolute atomic E-state index is 0.0795. The average Bonchev–Trinajstić information content (AvgIpc) is 2.60. The van der Waals surface area contributed by atoms with Gasteiger partial charge in [0.2, 0.25) is 0 Å². The van der Waals surface area contributed by atoms with Crippen molar-refractivity contribution >= 4 is 12.1 Å². The van der Waals surface area contributed by atoms with Gasteiger partial charge in [-0.1, -0.05) is 30.3 Å². The zero-order chi connectivity index (χ0) is 16.7. The van der Waals surface area contributed by atoms with Gasteiger partial charge < -0.3 is 19.1 Å². The van der Waals surface area contributed by atoms with Gasteiger partial charge in [0, 0.05) is 13.7 Å². The van der Waals surface area contributed by atoms with Crippen LogP contribution >= 0.6 is 0 Å². The van der Waals surface area contributed by atoms with Crippen LogP contribution in [0.1, 0.15) is 18.4 Å². The highest BCUT2D eigenvalue weighted by atomic mass is 16.6. The summed E-state index contributed by atoms with van der Waals surface area (Å²) in [5.41, 5.74) is 0.922. The van der Waals surface area contributed by atoms with Gasteiger partial charge in [-0.2, -0.15) is 0 Å². The summed E-state index contributed by atoms with van der Waals surface area (Å²) >= 11 is 0. The minimum atomic E-state index is -0.426. The second-order valence-electron chi connectivity index (χ2n) is 5.60. The summed E-state index contributed by atoms with van der Waals surface area (Å²) in [5, 5.41) is 0. The topological polar surface area (TPSA) is 65.1 Å². The first-order chi connectivity index (χ1) is 11.2. The summed E-state index contributed by atoms with van der Waals surface area (Å²) in [4.78, 5) is 25.7. The Labute approximate surface area is 136 Å². The molecule has 1 amide bonds. The molecule has 1 aromatic carbocycles. The lowest BCUT2D eigenvalue weighted by Crippen LogP contribution is -2.50. The molecule has 126 valence electrons. The Balaban J connectivity index is 1.98. The lowest BCUT2D eigenvalue weighted by atomic mass is 9.93. The summed E-state index contributed by atoms with van der Waals surface area (Å²) in [5.74, 6) is -0.598. The number of hydrogen-bond acceptors (Lipinski definition) is 5. The van der Waals surface area contributed by atoms with Gasteiger partial charge in [-0.25, -0.2) is 4.79 Å². The molecule has 0 radical (unpaired) electrons. The van der Waals surface area contributed by atoms with Gasteiger partial charge in [0.05, 0.1) is 25.7 Å². The van der Waals surface area contributed by atoms with Gasteiger partial charge in [0.1, 0.15) is 6.61 Å². The van der Waals surface area contributed by atoms with Crippen LogP contribution < -0.4 is 0 Å². The molecule has 2 rings (SSSR count). The summed E-state index contributed by atoms with van der Waals surface area (Å²) < 4.78 is 15.4. The first kappa shape index (κ1) is 17.3. The number of benzene rings is 1. The molecule has 1 aliphatic rings. The number of nitrogens with zero attached hydrogens (tertiary/aromatic N) is 1. The smallest absolute Gasteiger partial charge is 0.410 e. The number of piperidine rings is 1. The van der Waals surface area contributed by atoms with Crippen molar-refractivity contribution in [2.45, 2.75) is 25.5 Å². The molecule has 0 bridgehead atoms. The van der Waals surface area contributed by atoms with E-state index in [0.717, 1.165) is 5.56 Å². The Bertz CT molecular complexity index is 519. The van der Waals surface area contributed by atoms with E-state index in [1.54, 1.807) is 12.0 Å². The van der Waals surface area contributed by atoms with Crippen molar-refractivity contribution in [3.8, 4) is 0 Å². The van der Waals surface area contributed by atoms with E-state index in [4.69, 9.17) is 14.2 Å². The van der Waals surface area contributed by atoms with Crippen LogP contribution in [0.3, 0.4) is 0 Å². The molecule has 0 aromatic heterocycles. The Hall–Kier alpha value is -2.08. The Morgan fingerprint density at radius 3 is 2.57 bits per heavy atom. The third-order valence-electron chi connectivity index (χ3n) is 4.04. The van der Waals surface area contributed by atoms with Crippen LogP contribution in [-0.4, -0.2) is 50.4 Å². The van der Waals surface area contributed by atoms with E-state index in [0.29, 0.717) is 26.0 Å². The van der Waals surface area contributed by atoms with E-state index in [9.17, 15) is 9.59 Å². The molecule has 1 saturated heterocycles. The van der Waals surface area contributed by atoms with Crippen LogP contribution in [0.25, 0.3) is 0 Å². The lowest BCUT2D eigenvalue weighted by Gasteiger charge is -2.37. The molecule has 2 atom stereocenters. The first-order valence-electron chi connectivity index (χ1n) is 7.69. The molecule has 0 unspecified atom stereocenters. The third-order valence-corrected chi connectivity index (χ3v) is 4.04. The quantitative estimate of drug-likeness (QED) is 0.778. The number of amides is 1. The van der Waals surface area contributed by atoms with Gasteiger partial charge in [-0.05, 0) is 18.4 Å². The van der Waals surface area contributed by atoms with Crippen molar-refractivity contribution in [1.82, 2.24) is 4.90 Å². The Kier molecular flexibility index (Phi) is 6.40. The molecule has 1 aromatic rings. The second-order valence-corrected chi connectivity index (χ2v) is 5.60. The van der Waals surface area contributed by atoms with Gasteiger partial charge in [0.25, 0.3) is 0 Å². The molecular weight excluding hydrogens is 298 g/mol. The van der Waals surface area contributed by atoms with Gasteiger partial charge >= 0.3 is 12.1 Å². The second kappa shape index (κ2) is 8.53. The number of methoxy groups -OCH3 is 2. The molecule has 1 fully saturated rings. The number of likely N-dealkylation sites (tertiary alicyclic amines) is 1. The predicted molar refractivity (Wildman–Crippen MR) is 83.7 cm³/mol. The van der Waals surface area contributed by atoms with E-state index < -0.39 is 6.09 Å². The van der Waals surface area contributed by atoms with Crippen LogP contribution in [0.4, 0.5) is 4.79 Å². The Morgan fingerprint density at radius 2 is 1.91 bits per heavy atom. The summed E-state index contributed by atoms with van der Waals surface area (Å²) in [6, 6.07) is 9.41. The highest BCUT2D eigenvalue weighted by Crippen LogP contribution is 2.24. The van der Waals surface area contributed by atoms with E-state index in [2.05, 4.69) is 0 Å². The Morgan fingerprint density at radius 1 is 1.17 bits per heavy atom. The SMILES string of the molecule is COC[C@@H]1CC[C@H](C(=O)OC)CN1C(=O)OCc1ccccc1. The molecule has 6 nitrogen and oxygen atoms in total. The fourth-order valence-electron chi connectivity index (χ4n) is 2.78. The van der Waals surface area contributed by atoms with Gasteiger partial charge in [-0.15, -0.1) is 0 Å². The number of carbonyl (C=O) groups is 2. The zero-order valence-corrected chi connectivity index (χ0v) is 13.6. The van der Waals surface area contributed by atoms with E-state index >= 15 is 0 Å². The highest BCUT2D eigenvalue weighted by molar-refractivity contribution is 5.75. The normalized spacial score (nSPS) is 20.9. The van der Waals surface area contributed by atoms with Crippen molar-refractivity contribution in [3.63, 3.8) is 0 Å². The molecule has 0 N–H and O–H groups in total. The van der Waals surface area contributed by atoms with E-state index in [1.807, 2.05) is 30.3 Å². The van der Waals surface area contributed by atoms with Crippen molar-refractivity contribution in [2.24, 2.45) is 5.92 Å². The molecular formula is C17H23NO5. The van der Waals surface area contributed by atoms with Crippen molar-refractivity contribution in [2.75, 3.05) is 27.4 Å². The molecule has 6 heteroatoms.